The van der Waals surface area contributed by atoms with E-state index in [2.05, 4.69) is 25.9 Å². The van der Waals surface area contributed by atoms with Crippen LogP contribution in [-0.4, -0.2) is 52.6 Å². The van der Waals surface area contributed by atoms with Crippen molar-refractivity contribution >= 4 is 15.9 Å². The fraction of sp³-hybridized carbons (Fsp3) is 0.667. The van der Waals surface area contributed by atoms with Crippen LogP contribution in [0, 0.1) is 0 Å². The van der Waals surface area contributed by atoms with E-state index in [1.807, 2.05) is 0 Å². The van der Waals surface area contributed by atoms with Crippen LogP contribution in [0.25, 0.3) is 0 Å². The topological polar surface area (TPSA) is 50.5 Å². The van der Waals surface area contributed by atoms with Crippen LogP contribution in [0.1, 0.15) is 0 Å². The maximum atomic E-state index is 9.31. The van der Waals surface area contributed by atoms with Crippen molar-refractivity contribution in [3.05, 3.63) is 10.8 Å². The minimum atomic E-state index is 0.192. The Morgan fingerprint density at radius 2 is 2.13 bits per heavy atom. The number of morpholine rings is 1. The minimum absolute atomic E-state index is 0.192. The molecular formula is C9H14BrN3O2. The lowest BCUT2D eigenvalue weighted by Crippen LogP contribution is -2.38. The van der Waals surface area contributed by atoms with E-state index >= 15 is 0 Å². The van der Waals surface area contributed by atoms with Gasteiger partial charge in [0, 0.05) is 19.6 Å². The summed E-state index contributed by atoms with van der Waals surface area (Å²) in [5.74, 6) is 0.192. The Labute approximate surface area is 96.8 Å². The van der Waals surface area contributed by atoms with E-state index in [9.17, 15) is 5.11 Å². The summed E-state index contributed by atoms with van der Waals surface area (Å²) in [5, 5.41) is 13.4. The van der Waals surface area contributed by atoms with Crippen molar-refractivity contribution < 1.29 is 9.84 Å². The van der Waals surface area contributed by atoms with E-state index in [1.165, 1.54) is 6.20 Å². The highest BCUT2D eigenvalue weighted by atomic mass is 79.9. The molecule has 1 aromatic heterocycles. The van der Waals surface area contributed by atoms with E-state index in [-0.39, 0.29) is 5.75 Å². The molecule has 1 aliphatic rings. The number of rotatable bonds is 3. The third-order valence-electron chi connectivity index (χ3n) is 2.49. The van der Waals surface area contributed by atoms with Gasteiger partial charge in [0.15, 0.2) is 5.75 Å². The van der Waals surface area contributed by atoms with Crippen molar-refractivity contribution in [1.29, 1.82) is 0 Å². The van der Waals surface area contributed by atoms with Crippen LogP contribution in [0.15, 0.2) is 10.8 Å². The van der Waals surface area contributed by atoms with E-state index in [4.69, 9.17) is 4.74 Å². The molecule has 0 aromatic carbocycles. The maximum Gasteiger partial charge on any atom is 0.168 e. The van der Waals surface area contributed by atoms with Gasteiger partial charge in [0.1, 0.15) is 4.60 Å². The molecule has 0 bridgehead atoms. The Kier molecular flexibility index (Phi) is 3.61. The molecule has 84 valence electrons. The van der Waals surface area contributed by atoms with Crippen molar-refractivity contribution in [2.45, 2.75) is 6.54 Å². The molecule has 2 heterocycles. The van der Waals surface area contributed by atoms with Crippen LogP contribution in [0.5, 0.6) is 5.75 Å². The van der Waals surface area contributed by atoms with Crippen molar-refractivity contribution in [3.63, 3.8) is 0 Å². The van der Waals surface area contributed by atoms with E-state index in [0.29, 0.717) is 4.60 Å². The molecule has 0 saturated carbocycles. The molecule has 1 N–H and O–H groups in total. The predicted molar refractivity (Wildman–Crippen MR) is 58.9 cm³/mol. The van der Waals surface area contributed by atoms with Crippen LogP contribution in [0.4, 0.5) is 0 Å². The summed E-state index contributed by atoms with van der Waals surface area (Å²) in [6.07, 6.45) is 1.45. The molecule has 1 aromatic rings. The molecule has 0 aliphatic carbocycles. The summed E-state index contributed by atoms with van der Waals surface area (Å²) < 4.78 is 7.67. The van der Waals surface area contributed by atoms with Gasteiger partial charge in [0.25, 0.3) is 0 Å². The summed E-state index contributed by atoms with van der Waals surface area (Å²) in [6.45, 7) is 5.29. The van der Waals surface area contributed by atoms with Gasteiger partial charge in [-0.2, -0.15) is 5.10 Å². The summed E-state index contributed by atoms with van der Waals surface area (Å²) in [5.41, 5.74) is 0. The average molecular weight is 276 g/mol. The minimum Gasteiger partial charge on any atom is -0.504 e. The monoisotopic (exact) mass is 275 g/mol. The lowest BCUT2D eigenvalue weighted by atomic mass is 10.4. The first-order valence-corrected chi connectivity index (χ1v) is 5.77. The van der Waals surface area contributed by atoms with E-state index < -0.39 is 0 Å². The number of aromatic nitrogens is 2. The van der Waals surface area contributed by atoms with Crippen LogP contribution in [-0.2, 0) is 11.3 Å². The van der Waals surface area contributed by atoms with Crippen LogP contribution in [0.2, 0.25) is 0 Å². The van der Waals surface area contributed by atoms with Gasteiger partial charge in [-0.05, 0) is 15.9 Å². The zero-order chi connectivity index (χ0) is 10.7. The molecule has 0 unspecified atom stereocenters. The van der Waals surface area contributed by atoms with Crippen molar-refractivity contribution in [2.75, 3.05) is 32.8 Å². The smallest absolute Gasteiger partial charge is 0.168 e. The third-order valence-corrected chi connectivity index (χ3v) is 3.30. The van der Waals surface area contributed by atoms with Crippen LogP contribution in [0.3, 0.4) is 0 Å². The molecule has 2 rings (SSSR count). The fourth-order valence-corrected chi connectivity index (χ4v) is 1.95. The van der Waals surface area contributed by atoms with Gasteiger partial charge >= 0.3 is 0 Å². The summed E-state index contributed by atoms with van der Waals surface area (Å²) in [7, 11) is 0. The first kappa shape index (κ1) is 10.9. The van der Waals surface area contributed by atoms with Crippen LogP contribution >= 0.6 is 15.9 Å². The highest BCUT2D eigenvalue weighted by molar-refractivity contribution is 9.10. The largest absolute Gasteiger partial charge is 0.504 e. The summed E-state index contributed by atoms with van der Waals surface area (Å²) in [6, 6.07) is 0. The number of hydrogen-bond acceptors (Lipinski definition) is 4. The zero-order valence-corrected chi connectivity index (χ0v) is 9.98. The SMILES string of the molecule is Oc1cnn(CCN2CCOCC2)c1Br. The Morgan fingerprint density at radius 1 is 1.40 bits per heavy atom. The highest BCUT2D eigenvalue weighted by Crippen LogP contribution is 2.21. The van der Waals surface area contributed by atoms with Gasteiger partial charge in [-0.15, -0.1) is 0 Å². The Morgan fingerprint density at radius 3 is 2.73 bits per heavy atom. The van der Waals surface area contributed by atoms with Gasteiger partial charge in [0.05, 0.1) is 26.0 Å². The first-order valence-electron chi connectivity index (χ1n) is 4.98. The second-order valence-corrected chi connectivity index (χ2v) is 4.25. The maximum absolute atomic E-state index is 9.31. The van der Waals surface area contributed by atoms with Crippen LogP contribution < -0.4 is 0 Å². The molecule has 6 heteroatoms. The van der Waals surface area contributed by atoms with E-state index in [1.54, 1.807) is 4.68 Å². The molecule has 0 amide bonds. The first-order chi connectivity index (χ1) is 7.27. The highest BCUT2D eigenvalue weighted by Gasteiger charge is 2.11. The van der Waals surface area contributed by atoms with Gasteiger partial charge in [0.2, 0.25) is 0 Å². The molecule has 0 radical (unpaired) electrons. The standard InChI is InChI=1S/C9H14BrN3O2/c10-9-8(14)7-11-13(9)2-1-12-3-5-15-6-4-12/h7,14H,1-6H2. The zero-order valence-electron chi connectivity index (χ0n) is 8.40. The third kappa shape index (κ3) is 2.70. The summed E-state index contributed by atoms with van der Waals surface area (Å²) in [4.78, 5) is 2.33. The molecule has 1 saturated heterocycles. The van der Waals surface area contributed by atoms with Gasteiger partial charge in [-0.1, -0.05) is 0 Å². The number of halogens is 1. The van der Waals surface area contributed by atoms with Gasteiger partial charge < -0.3 is 9.84 Å². The second kappa shape index (κ2) is 4.96. The Bertz CT molecular complexity index is 323. The molecule has 0 atom stereocenters. The van der Waals surface area contributed by atoms with Crippen molar-refractivity contribution in [1.82, 2.24) is 14.7 Å². The lowest BCUT2D eigenvalue weighted by Gasteiger charge is -2.26. The number of aromatic hydroxyl groups is 1. The Balaban J connectivity index is 1.84. The number of nitrogens with zero attached hydrogens (tertiary/aromatic N) is 3. The van der Waals surface area contributed by atoms with Crippen molar-refractivity contribution in [3.8, 4) is 5.75 Å². The van der Waals surface area contributed by atoms with Crippen molar-refractivity contribution in [2.24, 2.45) is 0 Å². The van der Waals surface area contributed by atoms with E-state index in [0.717, 1.165) is 39.4 Å². The Hall–Kier alpha value is -0.590. The normalized spacial score (nSPS) is 18.2. The quantitative estimate of drug-likeness (QED) is 0.882. The molecule has 5 nitrogen and oxygen atoms in total. The fourth-order valence-electron chi connectivity index (χ4n) is 1.58. The summed E-state index contributed by atoms with van der Waals surface area (Å²) >= 11 is 3.28. The number of ether oxygens (including phenoxy) is 1. The molecule has 1 fully saturated rings. The van der Waals surface area contributed by atoms with Gasteiger partial charge in [-0.3, -0.25) is 9.58 Å². The second-order valence-electron chi connectivity index (χ2n) is 3.50. The molecule has 0 spiro atoms. The van der Waals surface area contributed by atoms with Gasteiger partial charge in [-0.25, -0.2) is 0 Å². The number of hydrogen-bond donors (Lipinski definition) is 1. The molecule has 15 heavy (non-hydrogen) atoms. The molecule has 1 aliphatic heterocycles. The molecular weight excluding hydrogens is 262 g/mol. The predicted octanol–water partition coefficient (Wildman–Crippen LogP) is 0.683. The lowest BCUT2D eigenvalue weighted by molar-refractivity contribution is 0.0359. The average Bonchev–Trinajstić information content (AvgIpc) is 2.59.